The van der Waals surface area contributed by atoms with E-state index in [9.17, 15) is 8.78 Å². The summed E-state index contributed by atoms with van der Waals surface area (Å²) in [6.07, 6.45) is 0.813. The van der Waals surface area contributed by atoms with E-state index in [2.05, 4.69) is 11.4 Å². The summed E-state index contributed by atoms with van der Waals surface area (Å²) < 4.78 is 26.3. The van der Waals surface area contributed by atoms with Crippen molar-refractivity contribution in [3.63, 3.8) is 0 Å². The molecule has 1 aliphatic carbocycles. The summed E-state index contributed by atoms with van der Waals surface area (Å²) in [6, 6.07) is 12.2. The fraction of sp³-hybridized carbons (Fsp3) is 0.294. The van der Waals surface area contributed by atoms with Gasteiger partial charge in [-0.05, 0) is 42.2 Å². The second-order valence-corrected chi connectivity index (χ2v) is 5.59. The van der Waals surface area contributed by atoms with Crippen molar-refractivity contribution in [2.24, 2.45) is 5.73 Å². The first-order valence-electron chi connectivity index (χ1n) is 7.11. The summed E-state index contributed by atoms with van der Waals surface area (Å²) in [7, 11) is 0. The van der Waals surface area contributed by atoms with Gasteiger partial charge in [0.1, 0.15) is 0 Å². The van der Waals surface area contributed by atoms with Gasteiger partial charge in [0.25, 0.3) is 0 Å². The maximum absolute atomic E-state index is 13.3. The van der Waals surface area contributed by atoms with Crippen LogP contribution in [-0.2, 0) is 0 Å². The Labute approximate surface area is 123 Å². The van der Waals surface area contributed by atoms with Crippen molar-refractivity contribution in [3.8, 4) is 0 Å². The predicted octanol–water partition coefficient (Wildman–Crippen LogP) is 3.76. The van der Waals surface area contributed by atoms with E-state index in [0.29, 0.717) is 0 Å². The molecular formula is C17H18F2N2. The molecule has 1 aliphatic rings. The molecular weight excluding hydrogens is 270 g/mol. The minimum atomic E-state index is -0.820. The molecule has 0 saturated heterocycles. The van der Waals surface area contributed by atoms with Crippen LogP contribution in [0.4, 0.5) is 8.78 Å². The SMILES string of the molecule is CC(NC1CC(N)c2ccccc21)c1ccc(F)c(F)c1. The molecule has 0 bridgehead atoms. The third-order valence-electron chi connectivity index (χ3n) is 4.16. The molecule has 0 aromatic heterocycles. The summed E-state index contributed by atoms with van der Waals surface area (Å²) in [5.41, 5.74) is 9.23. The molecule has 0 radical (unpaired) electrons. The van der Waals surface area contributed by atoms with Crippen molar-refractivity contribution in [2.75, 3.05) is 0 Å². The predicted molar refractivity (Wildman–Crippen MR) is 78.6 cm³/mol. The Morgan fingerprint density at radius 2 is 1.81 bits per heavy atom. The molecule has 110 valence electrons. The highest BCUT2D eigenvalue weighted by atomic mass is 19.2. The maximum Gasteiger partial charge on any atom is 0.159 e. The Morgan fingerprint density at radius 3 is 2.52 bits per heavy atom. The topological polar surface area (TPSA) is 38.0 Å². The van der Waals surface area contributed by atoms with Gasteiger partial charge in [-0.1, -0.05) is 30.3 Å². The first-order chi connectivity index (χ1) is 10.1. The molecule has 0 spiro atoms. The summed E-state index contributed by atoms with van der Waals surface area (Å²) >= 11 is 0. The average Bonchev–Trinajstić information content (AvgIpc) is 2.79. The van der Waals surface area contributed by atoms with Crippen LogP contribution in [-0.4, -0.2) is 0 Å². The smallest absolute Gasteiger partial charge is 0.159 e. The molecule has 0 fully saturated rings. The first kappa shape index (κ1) is 14.2. The Bertz CT molecular complexity index is 657. The molecule has 2 nitrogen and oxygen atoms in total. The average molecular weight is 288 g/mol. The number of nitrogens with one attached hydrogen (secondary N) is 1. The zero-order valence-electron chi connectivity index (χ0n) is 11.8. The lowest BCUT2D eigenvalue weighted by Gasteiger charge is -2.21. The Kier molecular flexibility index (Phi) is 3.74. The maximum atomic E-state index is 13.3. The molecule has 2 aromatic rings. The number of halogens is 2. The lowest BCUT2D eigenvalue weighted by molar-refractivity contribution is 0.441. The largest absolute Gasteiger partial charge is 0.324 e. The molecule has 3 atom stereocenters. The van der Waals surface area contributed by atoms with E-state index in [4.69, 9.17) is 5.73 Å². The molecule has 21 heavy (non-hydrogen) atoms. The van der Waals surface area contributed by atoms with Crippen molar-refractivity contribution in [1.82, 2.24) is 5.32 Å². The van der Waals surface area contributed by atoms with E-state index in [1.807, 2.05) is 25.1 Å². The molecule has 0 heterocycles. The lowest BCUT2D eigenvalue weighted by atomic mass is 10.0. The number of benzene rings is 2. The second-order valence-electron chi connectivity index (χ2n) is 5.59. The van der Waals surface area contributed by atoms with Crippen LogP contribution in [0.15, 0.2) is 42.5 Å². The van der Waals surface area contributed by atoms with E-state index in [1.165, 1.54) is 11.6 Å². The molecule has 3 N–H and O–H groups in total. The monoisotopic (exact) mass is 288 g/mol. The minimum absolute atomic E-state index is 0.0239. The number of fused-ring (bicyclic) bond motifs is 1. The number of hydrogen-bond acceptors (Lipinski definition) is 2. The summed E-state index contributed by atoms with van der Waals surface area (Å²) in [4.78, 5) is 0. The normalized spacial score (nSPS) is 22.1. The second kappa shape index (κ2) is 5.54. The van der Waals surface area contributed by atoms with Gasteiger partial charge in [0, 0.05) is 18.1 Å². The van der Waals surface area contributed by atoms with Gasteiger partial charge in [-0.2, -0.15) is 0 Å². The highest BCUT2D eigenvalue weighted by Gasteiger charge is 2.29. The third kappa shape index (κ3) is 2.69. The quantitative estimate of drug-likeness (QED) is 0.902. The zero-order chi connectivity index (χ0) is 15.0. The van der Waals surface area contributed by atoms with Crippen molar-refractivity contribution in [3.05, 3.63) is 70.8 Å². The lowest BCUT2D eigenvalue weighted by Crippen LogP contribution is -2.23. The summed E-state index contributed by atoms with van der Waals surface area (Å²) in [5.74, 6) is -1.64. The van der Waals surface area contributed by atoms with Gasteiger partial charge in [-0.25, -0.2) is 8.78 Å². The van der Waals surface area contributed by atoms with E-state index in [1.54, 1.807) is 6.07 Å². The van der Waals surface area contributed by atoms with Crippen LogP contribution in [0.5, 0.6) is 0 Å². The van der Waals surface area contributed by atoms with Gasteiger partial charge in [0.15, 0.2) is 11.6 Å². The number of nitrogens with two attached hydrogens (primary N) is 1. The molecule has 2 aromatic carbocycles. The van der Waals surface area contributed by atoms with Gasteiger partial charge in [0.05, 0.1) is 0 Å². The van der Waals surface area contributed by atoms with E-state index in [-0.39, 0.29) is 18.1 Å². The van der Waals surface area contributed by atoms with Crippen LogP contribution in [0.25, 0.3) is 0 Å². The fourth-order valence-corrected chi connectivity index (χ4v) is 3.01. The Hall–Kier alpha value is -1.78. The summed E-state index contributed by atoms with van der Waals surface area (Å²) in [5, 5.41) is 3.46. The van der Waals surface area contributed by atoms with Crippen molar-refractivity contribution in [1.29, 1.82) is 0 Å². The van der Waals surface area contributed by atoms with Crippen molar-refractivity contribution >= 4 is 0 Å². The number of hydrogen-bond donors (Lipinski definition) is 2. The minimum Gasteiger partial charge on any atom is -0.324 e. The van der Waals surface area contributed by atoms with Crippen molar-refractivity contribution < 1.29 is 8.78 Å². The Balaban J connectivity index is 1.79. The van der Waals surface area contributed by atoms with Gasteiger partial charge < -0.3 is 11.1 Å². The summed E-state index contributed by atoms with van der Waals surface area (Å²) in [6.45, 7) is 1.94. The van der Waals surface area contributed by atoms with Crippen LogP contribution < -0.4 is 11.1 Å². The number of rotatable bonds is 3. The molecule has 4 heteroatoms. The highest BCUT2D eigenvalue weighted by Crippen LogP contribution is 2.38. The zero-order valence-corrected chi connectivity index (χ0v) is 11.8. The van der Waals surface area contributed by atoms with Crippen LogP contribution in [0.2, 0.25) is 0 Å². The molecule has 0 aliphatic heterocycles. The van der Waals surface area contributed by atoms with E-state index in [0.717, 1.165) is 23.6 Å². The van der Waals surface area contributed by atoms with E-state index >= 15 is 0 Å². The van der Waals surface area contributed by atoms with Crippen LogP contribution >= 0.6 is 0 Å². The van der Waals surface area contributed by atoms with Gasteiger partial charge >= 0.3 is 0 Å². The molecule has 3 unspecified atom stereocenters. The standard InChI is InChI=1S/C17H18F2N2/c1-10(11-6-7-14(18)15(19)8-11)21-17-9-16(20)12-4-2-3-5-13(12)17/h2-8,10,16-17,21H,9,20H2,1H3. The van der Waals surface area contributed by atoms with Gasteiger partial charge in [-0.3, -0.25) is 0 Å². The highest BCUT2D eigenvalue weighted by molar-refractivity contribution is 5.37. The van der Waals surface area contributed by atoms with Gasteiger partial charge in [-0.15, -0.1) is 0 Å². The van der Waals surface area contributed by atoms with Gasteiger partial charge in [0.2, 0.25) is 0 Å². The molecule has 0 saturated carbocycles. The van der Waals surface area contributed by atoms with Crippen LogP contribution in [0, 0.1) is 11.6 Å². The van der Waals surface area contributed by atoms with Crippen LogP contribution in [0.1, 0.15) is 48.2 Å². The Morgan fingerprint density at radius 1 is 1.10 bits per heavy atom. The van der Waals surface area contributed by atoms with E-state index < -0.39 is 11.6 Å². The van der Waals surface area contributed by atoms with Crippen molar-refractivity contribution in [2.45, 2.75) is 31.5 Å². The molecule has 0 amide bonds. The first-order valence-corrected chi connectivity index (χ1v) is 7.11. The fourth-order valence-electron chi connectivity index (χ4n) is 3.01. The van der Waals surface area contributed by atoms with Crippen LogP contribution in [0.3, 0.4) is 0 Å². The molecule has 3 rings (SSSR count). The third-order valence-corrected chi connectivity index (χ3v) is 4.16.